The van der Waals surface area contributed by atoms with Crippen LogP contribution in [0.5, 0.6) is 0 Å². The summed E-state index contributed by atoms with van der Waals surface area (Å²) in [6, 6.07) is 2.47. The number of nitrogens with two attached hydrogens (primary N) is 1. The Labute approximate surface area is 130 Å². The van der Waals surface area contributed by atoms with E-state index in [2.05, 4.69) is 61.9 Å². The minimum atomic E-state index is 0.273. The fourth-order valence-electron chi connectivity index (χ4n) is 2.47. The highest BCUT2D eigenvalue weighted by Gasteiger charge is 2.20. The summed E-state index contributed by atoms with van der Waals surface area (Å²) in [6.07, 6.45) is 0. The second kappa shape index (κ2) is 7.77. The minimum absolute atomic E-state index is 0.273. The second-order valence-corrected chi connectivity index (χ2v) is 8.04. The minimum Gasteiger partial charge on any atom is -0.329 e. The number of halogens is 1. The van der Waals surface area contributed by atoms with Gasteiger partial charge in [0.15, 0.2) is 0 Å². The molecule has 0 saturated carbocycles. The summed E-state index contributed by atoms with van der Waals surface area (Å²) in [5.74, 6) is 2.09. The van der Waals surface area contributed by atoms with Crippen LogP contribution in [-0.4, -0.2) is 13.1 Å². The van der Waals surface area contributed by atoms with Crippen molar-refractivity contribution in [2.75, 3.05) is 13.1 Å². The molecule has 0 amide bonds. The molecule has 0 fully saturated rings. The number of hydrogen-bond donors (Lipinski definition) is 2. The van der Waals surface area contributed by atoms with E-state index in [4.69, 9.17) is 5.73 Å². The van der Waals surface area contributed by atoms with E-state index in [0.29, 0.717) is 24.3 Å². The monoisotopic (exact) mass is 346 g/mol. The smallest absolute Gasteiger partial charge is 0.0539 e. The third-order valence-electron chi connectivity index (χ3n) is 3.77. The summed E-state index contributed by atoms with van der Waals surface area (Å²) in [6.45, 7) is 13.0. The van der Waals surface area contributed by atoms with E-state index in [1.165, 1.54) is 14.2 Å². The SMILES string of the molecule is Cc1sc(C(CN)NCC(C(C)C)C(C)C)cc1Br. The van der Waals surface area contributed by atoms with E-state index in [9.17, 15) is 0 Å². The highest BCUT2D eigenvalue weighted by Crippen LogP contribution is 2.30. The van der Waals surface area contributed by atoms with Crippen LogP contribution >= 0.6 is 27.3 Å². The van der Waals surface area contributed by atoms with Crippen molar-refractivity contribution in [1.82, 2.24) is 5.32 Å². The van der Waals surface area contributed by atoms with Gasteiger partial charge in [-0.05, 0) is 53.2 Å². The Bertz CT molecular complexity index is 360. The first kappa shape index (κ1) is 17.2. The normalized spacial score (nSPS) is 13.8. The van der Waals surface area contributed by atoms with Crippen molar-refractivity contribution in [3.8, 4) is 0 Å². The number of rotatable bonds is 7. The lowest BCUT2D eigenvalue weighted by Crippen LogP contribution is -2.35. The Morgan fingerprint density at radius 1 is 1.26 bits per heavy atom. The lowest BCUT2D eigenvalue weighted by atomic mass is 9.85. The summed E-state index contributed by atoms with van der Waals surface area (Å²) in [5, 5.41) is 3.65. The zero-order valence-corrected chi connectivity index (χ0v) is 15.1. The van der Waals surface area contributed by atoms with E-state index in [-0.39, 0.29) is 6.04 Å². The molecule has 0 aliphatic heterocycles. The molecule has 1 heterocycles. The van der Waals surface area contributed by atoms with Crippen molar-refractivity contribution >= 4 is 27.3 Å². The Morgan fingerprint density at radius 2 is 1.84 bits per heavy atom. The molecule has 2 nitrogen and oxygen atoms in total. The van der Waals surface area contributed by atoms with Crippen molar-refractivity contribution in [2.24, 2.45) is 23.5 Å². The van der Waals surface area contributed by atoms with Crippen LogP contribution in [0.25, 0.3) is 0 Å². The fourth-order valence-corrected chi connectivity index (χ4v) is 4.12. The maximum Gasteiger partial charge on any atom is 0.0539 e. The lowest BCUT2D eigenvalue weighted by molar-refractivity contribution is 0.267. The third kappa shape index (κ3) is 4.85. The molecule has 0 bridgehead atoms. The predicted molar refractivity (Wildman–Crippen MR) is 89.7 cm³/mol. The van der Waals surface area contributed by atoms with Gasteiger partial charge in [-0.3, -0.25) is 0 Å². The van der Waals surface area contributed by atoms with Crippen LogP contribution in [0.15, 0.2) is 10.5 Å². The molecule has 4 heteroatoms. The molecule has 1 aromatic rings. The van der Waals surface area contributed by atoms with E-state index >= 15 is 0 Å². The first-order valence-electron chi connectivity index (χ1n) is 7.06. The summed E-state index contributed by atoms with van der Waals surface area (Å²) in [4.78, 5) is 2.65. The number of aryl methyl sites for hydroxylation is 1. The van der Waals surface area contributed by atoms with E-state index < -0.39 is 0 Å². The molecule has 1 rings (SSSR count). The average molecular weight is 347 g/mol. The van der Waals surface area contributed by atoms with Crippen LogP contribution in [-0.2, 0) is 0 Å². The topological polar surface area (TPSA) is 38.0 Å². The number of thiophene rings is 1. The Hall–Kier alpha value is 0.100. The highest BCUT2D eigenvalue weighted by molar-refractivity contribution is 9.10. The molecule has 19 heavy (non-hydrogen) atoms. The maximum absolute atomic E-state index is 5.93. The van der Waals surface area contributed by atoms with Gasteiger partial charge in [-0.1, -0.05) is 27.7 Å². The van der Waals surface area contributed by atoms with Gasteiger partial charge in [0.2, 0.25) is 0 Å². The van der Waals surface area contributed by atoms with Gasteiger partial charge in [0.05, 0.1) is 6.04 Å². The largest absolute Gasteiger partial charge is 0.329 e. The van der Waals surface area contributed by atoms with Gasteiger partial charge in [-0.2, -0.15) is 0 Å². The van der Waals surface area contributed by atoms with Gasteiger partial charge < -0.3 is 11.1 Å². The quantitative estimate of drug-likeness (QED) is 0.770. The summed E-state index contributed by atoms with van der Waals surface area (Å²) < 4.78 is 1.19. The molecule has 0 saturated heterocycles. The third-order valence-corrected chi connectivity index (χ3v) is 6.02. The van der Waals surface area contributed by atoms with Crippen molar-refractivity contribution < 1.29 is 0 Å². The Balaban J connectivity index is 2.67. The molecule has 0 radical (unpaired) electrons. The molecular formula is C15H27BrN2S. The standard InChI is InChI=1S/C15H27BrN2S/c1-9(2)12(10(3)4)8-18-14(7-17)15-6-13(16)11(5)19-15/h6,9-10,12,14,18H,7-8,17H2,1-5H3. The van der Waals surface area contributed by atoms with Gasteiger partial charge in [-0.15, -0.1) is 11.3 Å². The van der Waals surface area contributed by atoms with Crippen LogP contribution in [0.1, 0.15) is 43.5 Å². The molecule has 1 atom stereocenters. The first-order chi connectivity index (χ1) is 8.86. The van der Waals surface area contributed by atoms with Crippen LogP contribution in [0.4, 0.5) is 0 Å². The molecule has 0 aromatic carbocycles. The molecule has 1 unspecified atom stereocenters. The molecule has 0 aliphatic rings. The number of hydrogen-bond acceptors (Lipinski definition) is 3. The van der Waals surface area contributed by atoms with Gasteiger partial charge in [0, 0.05) is 20.8 Å². The van der Waals surface area contributed by atoms with Gasteiger partial charge >= 0.3 is 0 Å². The summed E-state index contributed by atoms with van der Waals surface area (Å²) in [7, 11) is 0. The predicted octanol–water partition coefficient (Wildman–Crippen LogP) is 4.34. The van der Waals surface area contributed by atoms with Crippen molar-refractivity contribution in [3.05, 3.63) is 20.3 Å². The van der Waals surface area contributed by atoms with Crippen LogP contribution in [0.3, 0.4) is 0 Å². The van der Waals surface area contributed by atoms with Crippen molar-refractivity contribution in [3.63, 3.8) is 0 Å². The average Bonchev–Trinajstić information content (AvgIpc) is 2.64. The lowest BCUT2D eigenvalue weighted by Gasteiger charge is -2.27. The Morgan fingerprint density at radius 3 is 2.21 bits per heavy atom. The van der Waals surface area contributed by atoms with Crippen LogP contribution in [0, 0.1) is 24.7 Å². The molecule has 110 valence electrons. The fraction of sp³-hybridized carbons (Fsp3) is 0.733. The molecule has 1 aromatic heterocycles. The molecular weight excluding hydrogens is 320 g/mol. The zero-order valence-electron chi connectivity index (χ0n) is 12.7. The Kier molecular flexibility index (Phi) is 7.01. The van der Waals surface area contributed by atoms with Gasteiger partial charge in [0.1, 0.15) is 0 Å². The van der Waals surface area contributed by atoms with Gasteiger partial charge in [0.25, 0.3) is 0 Å². The maximum atomic E-state index is 5.93. The first-order valence-corrected chi connectivity index (χ1v) is 8.67. The molecule has 0 spiro atoms. The molecule has 3 N–H and O–H groups in total. The highest BCUT2D eigenvalue weighted by atomic mass is 79.9. The van der Waals surface area contributed by atoms with E-state index in [1.54, 1.807) is 0 Å². The molecule has 0 aliphatic carbocycles. The summed E-state index contributed by atoms with van der Waals surface area (Å²) in [5.41, 5.74) is 5.93. The zero-order chi connectivity index (χ0) is 14.6. The number of nitrogens with one attached hydrogen (secondary N) is 1. The van der Waals surface area contributed by atoms with Crippen LogP contribution < -0.4 is 11.1 Å². The van der Waals surface area contributed by atoms with Crippen molar-refractivity contribution in [2.45, 2.75) is 40.7 Å². The van der Waals surface area contributed by atoms with Crippen molar-refractivity contribution in [1.29, 1.82) is 0 Å². The summed E-state index contributed by atoms with van der Waals surface area (Å²) >= 11 is 5.41. The van der Waals surface area contributed by atoms with E-state index in [1.807, 2.05) is 11.3 Å². The van der Waals surface area contributed by atoms with E-state index in [0.717, 1.165) is 6.54 Å². The van der Waals surface area contributed by atoms with Crippen LogP contribution in [0.2, 0.25) is 0 Å². The van der Waals surface area contributed by atoms with Gasteiger partial charge in [-0.25, -0.2) is 0 Å². The second-order valence-electron chi connectivity index (χ2n) is 5.90.